The van der Waals surface area contributed by atoms with Crippen LogP contribution in [0.4, 0.5) is 0 Å². The van der Waals surface area contributed by atoms with Gasteiger partial charge < -0.3 is 0 Å². The lowest BCUT2D eigenvalue weighted by atomic mass is 10.1. The highest BCUT2D eigenvalue weighted by Gasteiger charge is 1.86. The summed E-state index contributed by atoms with van der Waals surface area (Å²) < 4.78 is 0. The van der Waals surface area contributed by atoms with Gasteiger partial charge in [0, 0.05) is 0 Å². The van der Waals surface area contributed by atoms with Gasteiger partial charge in [0.2, 0.25) is 0 Å². The first-order chi connectivity index (χ1) is 5.91. The van der Waals surface area contributed by atoms with Crippen LogP contribution in [0.2, 0.25) is 0 Å². The summed E-state index contributed by atoms with van der Waals surface area (Å²) in [4.78, 5) is 9.88. The SMILES string of the molecule is C=CCCCCCCC=CC=O. The zero-order chi connectivity index (χ0) is 9.07. The van der Waals surface area contributed by atoms with E-state index in [1.807, 2.05) is 12.2 Å². The van der Waals surface area contributed by atoms with Crippen molar-refractivity contribution < 1.29 is 4.79 Å². The van der Waals surface area contributed by atoms with Crippen LogP contribution in [0, 0.1) is 0 Å². The summed E-state index contributed by atoms with van der Waals surface area (Å²) in [7, 11) is 0. The van der Waals surface area contributed by atoms with Crippen molar-refractivity contribution in [2.75, 3.05) is 0 Å². The Morgan fingerprint density at radius 1 is 1.00 bits per heavy atom. The molecule has 0 amide bonds. The molecule has 0 saturated carbocycles. The molecule has 1 heteroatoms. The van der Waals surface area contributed by atoms with Crippen molar-refractivity contribution in [2.24, 2.45) is 0 Å². The predicted octanol–water partition coefficient (Wildman–Crippen LogP) is 3.27. The van der Waals surface area contributed by atoms with Gasteiger partial charge in [0.15, 0.2) is 0 Å². The molecule has 0 N–H and O–H groups in total. The summed E-state index contributed by atoms with van der Waals surface area (Å²) in [6, 6.07) is 0. The molecule has 12 heavy (non-hydrogen) atoms. The van der Waals surface area contributed by atoms with Crippen LogP contribution in [-0.4, -0.2) is 6.29 Å². The second kappa shape index (κ2) is 10.2. The summed E-state index contributed by atoms with van der Waals surface area (Å²) in [6.45, 7) is 3.67. The van der Waals surface area contributed by atoms with E-state index >= 15 is 0 Å². The Balaban J connectivity index is 2.95. The normalized spacial score (nSPS) is 10.3. The molecule has 0 radical (unpaired) electrons. The summed E-state index contributed by atoms with van der Waals surface area (Å²) in [5, 5.41) is 0. The van der Waals surface area contributed by atoms with Gasteiger partial charge in [0.05, 0.1) is 0 Å². The quantitative estimate of drug-likeness (QED) is 0.234. The molecular weight excluding hydrogens is 148 g/mol. The predicted molar refractivity (Wildman–Crippen MR) is 53.1 cm³/mol. The molecule has 0 aliphatic carbocycles. The number of carbonyl (C=O) groups is 1. The third-order valence-electron chi connectivity index (χ3n) is 1.74. The lowest BCUT2D eigenvalue weighted by Gasteiger charge is -1.95. The van der Waals surface area contributed by atoms with Gasteiger partial charge in [0.1, 0.15) is 6.29 Å². The molecule has 0 aromatic heterocycles. The lowest BCUT2D eigenvalue weighted by Crippen LogP contribution is -1.76. The molecule has 0 rings (SSSR count). The van der Waals surface area contributed by atoms with Crippen LogP contribution in [0.1, 0.15) is 38.5 Å². The van der Waals surface area contributed by atoms with E-state index in [0.29, 0.717) is 0 Å². The Morgan fingerprint density at radius 3 is 2.25 bits per heavy atom. The fourth-order valence-corrected chi connectivity index (χ4v) is 1.06. The van der Waals surface area contributed by atoms with Gasteiger partial charge in [-0.2, -0.15) is 0 Å². The van der Waals surface area contributed by atoms with Crippen LogP contribution in [-0.2, 0) is 4.79 Å². The molecule has 0 fully saturated rings. The zero-order valence-corrected chi connectivity index (χ0v) is 7.67. The van der Waals surface area contributed by atoms with E-state index in [1.54, 1.807) is 6.08 Å². The summed E-state index contributed by atoms with van der Waals surface area (Å²) in [6.07, 6.45) is 13.5. The maximum atomic E-state index is 9.88. The third kappa shape index (κ3) is 9.15. The Kier molecular flexibility index (Phi) is 9.43. The van der Waals surface area contributed by atoms with Crippen molar-refractivity contribution in [1.82, 2.24) is 0 Å². The van der Waals surface area contributed by atoms with Gasteiger partial charge in [-0.25, -0.2) is 0 Å². The highest BCUT2D eigenvalue weighted by Crippen LogP contribution is 2.05. The number of hydrogen-bond acceptors (Lipinski definition) is 1. The molecule has 0 saturated heterocycles. The van der Waals surface area contributed by atoms with E-state index in [9.17, 15) is 4.79 Å². The van der Waals surface area contributed by atoms with Crippen molar-refractivity contribution in [2.45, 2.75) is 38.5 Å². The van der Waals surface area contributed by atoms with E-state index in [2.05, 4.69) is 6.58 Å². The van der Waals surface area contributed by atoms with Crippen molar-refractivity contribution in [1.29, 1.82) is 0 Å². The Hall–Kier alpha value is -0.850. The fraction of sp³-hybridized carbons (Fsp3) is 0.545. The van der Waals surface area contributed by atoms with Crippen molar-refractivity contribution >= 4 is 6.29 Å². The van der Waals surface area contributed by atoms with Crippen LogP contribution in [0.25, 0.3) is 0 Å². The van der Waals surface area contributed by atoms with Gasteiger partial charge in [-0.15, -0.1) is 6.58 Å². The van der Waals surface area contributed by atoms with Gasteiger partial charge in [-0.1, -0.05) is 25.0 Å². The van der Waals surface area contributed by atoms with Gasteiger partial charge in [-0.05, 0) is 31.8 Å². The number of allylic oxidation sites excluding steroid dienone is 3. The Bertz CT molecular complexity index is 136. The van der Waals surface area contributed by atoms with E-state index in [0.717, 1.165) is 19.1 Å². The highest BCUT2D eigenvalue weighted by molar-refractivity contribution is 5.64. The maximum Gasteiger partial charge on any atom is 0.142 e. The molecule has 0 aliphatic heterocycles. The average molecular weight is 166 g/mol. The molecule has 0 aromatic carbocycles. The maximum absolute atomic E-state index is 9.88. The minimum absolute atomic E-state index is 0.831. The standard InChI is InChI=1S/C11H18O/c1-2-3-4-5-6-7-8-9-10-11-12/h2,9-11H,1,3-8H2. The van der Waals surface area contributed by atoms with Crippen LogP contribution in [0.5, 0.6) is 0 Å². The smallest absolute Gasteiger partial charge is 0.142 e. The Labute approximate surface area is 75.2 Å². The van der Waals surface area contributed by atoms with Crippen molar-refractivity contribution in [3.63, 3.8) is 0 Å². The van der Waals surface area contributed by atoms with Crippen LogP contribution < -0.4 is 0 Å². The topological polar surface area (TPSA) is 17.1 Å². The number of aldehydes is 1. The van der Waals surface area contributed by atoms with E-state index < -0.39 is 0 Å². The third-order valence-corrected chi connectivity index (χ3v) is 1.74. The monoisotopic (exact) mass is 166 g/mol. The lowest BCUT2D eigenvalue weighted by molar-refractivity contribution is -0.104. The van der Waals surface area contributed by atoms with Crippen LogP contribution in [0.15, 0.2) is 24.8 Å². The molecule has 0 bridgehead atoms. The van der Waals surface area contributed by atoms with Gasteiger partial charge in [-0.3, -0.25) is 4.79 Å². The second-order valence-electron chi connectivity index (χ2n) is 2.84. The molecule has 0 spiro atoms. The van der Waals surface area contributed by atoms with E-state index in [-0.39, 0.29) is 0 Å². The van der Waals surface area contributed by atoms with E-state index in [1.165, 1.54) is 25.7 Å². The molecule has 0 atom stereocenters. The first-order valence-corrected chi connectivity index (χ1v) is 4.63. The zero-order valence-electron chi connectivity index (χ0n) is 7.67. The summed E-state index contributed by atoms with van der Waals surface area (Å²) in [5.74, 6) is 0. The highest BCUT2D eigenvalue weighted by atomic mass is 16.1. The van der Waals surface area contributed by atoms with E-state index in [4.69, 9.17) is 0 Å². The second-order valence-corrected chi connectivity index (χ2v) is 2.84. The molecule has 0 heterocycles. The van der Waals surface area contributed by atoms with Crippen LogP contribution >= 0.6 is 0 Å². The van der Waals surface area contributed by atoms with Crippen molar-refractivity contribution in [3.8, 4) is 0 Å². The minimum atomic E-state index is 0.831. The van der Waals surface area contributed by atoms with Crippen molar-refractivity contribution in [3.05, 3.63) is 24.8 Å². The minimum Gasteiger partial charge on any atom is -0.299 e. The average Bonchev–Trinajstić information content (AvgIpc) is 2.10. The number of unbranched alkanes of at least 4 members (excludes halogenated alkanes) is 5. The van der Waals surface area contributed by atoms with Gasteiger partial charge >= 0.3 is 0 Å². The van der Waals surface area contributed by atoms with Crippen LogP contribution in [0.3, 0.4) is 0 Å². The number of carbonyl (C=O) groups excluding carboxylic acids is 1. The summed E-state index contributed by atoms with van der Waals surface area (Å²) >= 11 is 0. The molecule has 68 valence electrons. The first kappa shape index (κ1) is 11.2. The van der Waals surface area contributed by atoms with Gasteiger partial charge in [0.25, 0.3) is 0 Å². The Morgan fingerprint density at radius 2 is 1.67 bits per heavy atom. The summed E-state index contributed by atoms with van der Waals surface area (Å²) in [5.41, 5.74) is 0. The fourth-order valence-electron chi connectivity index (χ4n) is 1.06. The molecule has 0 unspecified atom stereocenters. The first-order valence-electron chi connectivity index (χ1n) is 4.63. The largest absolute Gasteiger partial charge is 0.299 e. The molecule has 0 aromatic rings. The molecule has 1 nitrogen and oxygen atoms in total. The number of rotatable bonds is 8. The molecular formula is C11H18O. The number of hydrogen-bond donors (Lipinski definition) is 0. The molecule has 0 aliphatic rings.